The highest BCUT2D eigenvalue weighted by molar-refractivity contribution is 5.68. The summed E-state index contributed by atoms with van der Waals surface area (Å²) < 4.78 is 10.6. The minimum atomic E-state index is -0.476. The zero-order valence-electron chi connectivity index (χ0n) is 14.6. The molecule has 2 heterocycles. The maximum Gasteiger partial charge on any atom is 0.410 e. The summed E-state index contributed by atoms with van der Waals surface area (Å²) in [5, 5.41) is 0. The first-order chi connectivity index (χ1) is 10.8. The average Bonchev–Trinajstić information content (AvgIpc) is 2.52. The molecule has 0 aromatic carbocycles. The second-order valence-corrected chi connectivity index (χ2v) is 6.75. The molecular formula is C16H26N4O3. The van der Waals surface area contributed by atoms with Gasteiger partial charge in [-0.1, -0.05) is 0 Å². The van der Waals surface area contributed by atoms with E-state index < -0.39 is 5.60 Å². The number of carbonyl (C=O) groups is 1. The van der Waals surface area contributed by atoms with Crippen molar-refractivity contribution < 1.29 is 14.3 Å². The van der Waals surface area contributed by atoms with Gasteiger partial charge in [-0.15, -0.1) is 0 Å². The molecule has 2 rings (SSSR count). The smallest absolute Gasteiger partial charge is 0.410 e. The molecule has 1 aromatic rings. The third kappa shape index (κ3) is 4.71. The van der Waals surface area contributed by atoms with Crippen molar-refractivity contribution in [2.75, 3.05) is 32.1 Å². The summed E-state index contributed by atoms with van der Waals surface area (Å²) >= 11 is 0. The van der Waals surface area contributed by atoms with Gasteiger partial charge in [0.2, 0.25) is 5.88 Å². The van der Waals surface area contributed by atoms with E-state index in [9.17, 15) is 4.79 Å². The molecule has 1 fully saturated rings. The SMILES string of the molecule is COc1cc(N(C)C2CCCN(C(=O)OC(C)(C)C)C2)ncn1. The molecule has 0 N–H and O–H groups in total. The minimum Gasteiger partial charge on any atom is -0.481 e. The Kier molecular flexibility index (Phi) is 5.28. The molecule has 0 saturated carbocycles. The van der Waals surface area contributed by atoms with E-state index in [1.807, 2.05) is 27.8 Å². The van der Waals surface area contributed by atoms with E-state index in [1.165, 1.54) is 6.33 Å². The quantitative estimate of drug-likeness (QED) is 0.851. The Labute approximate surface area is 137 Å². The normalized spacial score (nSPS) is 18.5. The highest BCUT2D eigenvalue weighted by atomic mass is 16.6. The third-order valence-electron chi connectivity index (χ3n) is 3.79. The fourth-order valence-corrected chi connectivity index (χ4v) is 2.58. The van der Waals surface area contributed by atoms with Crippen LogP contribution in [0.3, 0.4) is 0 Å². The van der Waals surface area contributed by atoms with Crippen LogP contribution in [0.15, 0.2) is 12.4 Å². The topological polar surface area (TPSA) is 67.8 Å². The number of hydrogen-bond donors (Lipinski definition) is 0. The number of rotatable bonds is 3. The molecule has 0 spiro atoms. The number of aromatic nitrogens is 2. The van der Waals surface area contributed by atoms with E-state index in [-0.39, 0.29) is 12.1 Å². The molecule has 0 bridgehead atoms. The van der Waals surface area contributed by atoms with Crippen molar-refractivity contribution in [2.24, 2.45) is 0 Å². The van der Waals surface area contributed by atoms with Crippen LogP contribution >= 0.6 is 0 Å². The predicted molar refractivity (Wildman–Crippen MR) is 87.8 cm³/mol. The number of likely N-dealkylation sites (tertiary alicyclic amines) is 1. The van der Waals surface area contributed by atoms with E-state index in [0.717, 1.165) is 25.2 Å². The average molecular weight is 322 g/mol. The lowest BCUT2D eigenvalue weighted by atomic mass is 10.0. The van der Waals surface area contributed by atoms with E-state index in [2.05, 4.69) is 14.9 Å². The van der Waals surface area contributed by atoms with Gasteiger partial charge < -0.3 is 19.3 Å². The molecule has 1 saturated heterocycles. The van der Waals surface area contributed by atoms with Gasteiger partial charge in [-0.25, -0.2) is 14.8 Å². The van der Waals surface area contributed by atoms with Crippen LogP contribution < -0.4 is 9.64 Å². The lowest BCUT2D eigenvalue weighted by molar-refractivity contribution is 0.0199. The Morgan fingerprint density at radius 3 is 2.78 bits per heavy atom. The Balaban J connectivity index is 2.03. The molecule has 1 aromatic heterocycles. The Bertz CT molecular complexity index is 544. The van der Waals surface area contributed by atoms with Gasteiger partial charge in [0.25, 0.3) is 0 Å². The Hall–Kier alpha value is -2.05. The van der Waals surface area contributed by atoms with Gasteiger partial charge in [0.15, 0.2) is 0 Å². The number of likely N-dealkylation sites (N-methyl/N-ethyl adjacent to an activating group) is 1. The number of ether oxygens (including phenoxy) is 2. The molecule has 1 atom stereocenters. The first kappa shape index (κ1) is 17.3. The van der Waals surface area contributed by atoms with Gasteiger partial charge in [-0.05, 0) is 33.6 Å². The third-order valence-corrected chi connectivity index (χ3v) is 3.79. The zero-order valence-corrected chi connectivity index (χ0v) is 14.6. The van der Waals surface area contributed by atoms with Crippen molar-refractivity contribution in [1.82, 2.24) is 14.9 Å². The minimum absolute atomic E-state index is 0.191. The van der Waals surface area contributed by atoms with Crippen LogP contribution in [0.5, 0.6) is 5.88 Å². The first-order valence-electron chi connectivity index (χ1n) is 7.87. The van der Waals surface area contributed by atoms with Gasteiger partial charge in [-0.2, -0.15) is 0 Å². The number of methoxy groups -OCH3 is 1. The molecule has 128 valence electrons. The number of carbonyl (C=O) groups excluding carboxylic acids is 1. The summed E-state index contributed by atoms with van der Waals surface area (Å²) in [4.78, 5) is 24.4. The van der Waals surface area contributed by atoms with Crippen molar-refractivity contribution >= 4 is 11.9 Å². The van der Waals surface area contributed by atoms with Crippen LogP contribution in [-0.2, 0) is 4.74 Å². The molecule has 0 aliphatic carbocycles. The van der Waals surface area contributed by atoms with E-state index in [4.69, 9.17) is 9.47 Å². The van der Waals surface area contributed by atoms with Crippen LogP contribution in [0.1, 0.15) is 33.6 Å². The molecule has 1 aliphatic heterocycles. The molecule has 23 heavy (non-hydrogen) atoms. The molecule has 7 nitrogen and oxygen atoms in total. The molecular weight excluding hydrogens is 296 g/mol. The van der Waals surface area contributed by atoms with E-state index in [1.54, 1.807) is 18.1 Å². The lowest BCUT2D eigenvalue weighted by Crippen LogP contribution is -2.50. The predicted octanol–water partition coefficient (Wildman–Crippen LogP) is 2.32. The van der Waals surface area contributed by atoms with Crippen molar-refractivity contribution in [3.63, 3.8) is 0 Å². The number of nitrogens with zero attached hydrogens (tertiary/aromatic N) is 4. The molecule has 1 aliphatic rings. The summed E-state index contributed by atoms with van der Waals surface area (Å²) in [5.41, 5.74) is -0.476. The number of piperidine rings is 1. The maximum absolute atomic E-state index is 12.3. The maximum atomic E-state index is 12.3. The van der Waals surface area contributed by atoms with Crippen molar-refractivity contribution in [3.05, 3.63) is 12.4 Å². The van der Waals surface area contributed by atoms with Crippen molar-refractivity contribution in [3.8, 4) is 5.88 Å². The highest BCUT2D eigenvalue weighted by Gasteiger charge is 2.30. The number of amides is 1. The van der Waals surface area contributed by atoms with Crippen LogP contribution in [0, 0.1) is 0 Å². The molecule has 0 radical (unpaired) electrons. The fraction of sp³-hybridized carbons (Fsp3) is 0.688. The summed E-state index contributed by atoms with van der Waals surface area (Å²) in [6.07, 6.45) is 3.17. The summed E-state index contributed by atoms with van der Waals surface area (Å²) in [6, 6.07) is 1.99. The van der Waals surface area contributed by atoms with Crippen molar-refractivity contribution in [1.29, 1.82) is 0 Å². The zero-order chi connectivity index (χ0) is 17.0. The summed E-state index contributed by atoms with van der Waals surface area (Å²) in [6.45, 7) is 6.99. The second kappa shape index (κ2) is 7.02. The van der Waals surface area contributed by atoms with E-state index >= 15 is 0 Å². The van der Waals surface area contributed by atoms with Gasteiger partial charge in [0, 0.05) is 32.2 Å². The van der Waals surface area contributed by atoms with Gasteiger partial charge in [0.1, 0.15) is 17.7 Å². The van der Waals surface area contributed by atoms with Crippen molar-refractivity contribution in [2.45, 2.75) is 45.3 Å². The lowest BCUT2D eigenvalue weighted by Gasteiger charge is -2.38. The number of anilines is 1. The van der Waals surface area contributed by atoms with Gasteiger partial charge in [0.05, 0.1) is 7.11 Å². The standard InChI is InChI=1S/C16H26N4O3/c1-16(2,3)23-15(21)20-8-6-7-12(10-20)19(4)13-9-14(22-5)18-11-17-13/h9,11-12H,6-8,10H2,1-5H3. The first-order valence-corrected chi connectivity index (χ1v) is 7.87. The Morgan fingerprint density at radius 1 is 1.39 bits per heavy atom. The fourth-order valence-electron chi connectivity index (χ4n) is 2.58. The monoisotopic (exact) mass is 322 g/mol. The van der Waals surface area contributed by atoms with E-state index in [0.29, 0.717) is 12.4 Å². The largest absolute Gasteiger partial charge is 0.481 e. The molecule has 1 amide bonds. The Morgan fingerprint density at radius 2 is 2.13 bits per heavy atom. The van der Waals surface area contributed by atoms with Crippen LogP contribution in [-0.4, -0.2) is 59.9 Å². The van der Waals surface area contributed by atoms with Crippen LogP contribution in [0.2, 0.25) is 0 Å². The van der Waals surface area contributed by atoms with Gasteiger partial charge in [-0.3, -0.25) is 0 Å². The van der Waals surface area contributed by atoms with Gasteiger partial charge >= 0.3 is 6.09 Å². The molecule has 7 heteroatoms. The van der Waals surface area contributed by atoms with Crippen LogP contribution in [0.4, 0.5) is 10.6 Å². The molecule has 1 unspecified atom stereocenters. The second-order valence-electron chi connectivity index (χ2n) is 6.75. The summed E-state index contributed by atoms with van der Waals surface area (Å²) in [5.74, 6) is 1.31. The number of hydrogen-bond acceptors (Lipinski definition) is 6. The summed E-state index contributed by atoms with van der Waals surface area (Å²) in [7, 11) is 3.56. The van der Waals surface area contributed by atoms with Crippen LogP contribution in [0.25, 0.3) is 0 Å². The highest BCUT2D eigenvalue weighted by Crippen LogP contribution is 2.23.